The summed E-state index contributed by atoms with van der Waals surface area (Å²) in [6.07, 6.45) is 7.45. The maximum Gasteiger partial charge on any atom is 0.330 e. The van der Waals surface area contributed by atoms with Crippen molar-refractivity contribution in [2.75, 3.05) is 31.3 Å². The molecule has 1 atom stereocenters. The number of thioether (sulfide) groups is 2. The Bertz CT molecular complexity index is 692. The van der Waals surface area contributed by atoms with Crippen molar-refractivity contribution in [1.29, 1.82) is 0 Å². The Morgan fingerprint density at radius 2 is 1.47 bits per heavy atom. The molecule has 0 radical (unpaired) electrons. The Kier molecular flexibility index (Phi) is 15.6. The van der Waals surface area contributed by atoms with E-state index in [0.29, 0.717) is 13.0 Å². The van der Waals surface area contributed by atoms with Gasteiger partial charge in [0.15, 0.2) is 0 Å². The van der Waals surface area contributed by atoms with Crippen molar-refractivity contribution in [2.45, 2.75) is 55.7 Å². The molecule has 1 unspecified atom stereocenters. The maximum absolute atomic E-state index is 11.5. The molecule has 1 aromatic carbocycles. The van der Waals surface area contributed by atoms with Crippen molar-refractivity contribution >= 4 is 35.5 Å². The van der Waals surface area contributed by atoms with Crippen LogP contribution in [-0.2, 0) is 19.1 Å². The first-order chi connectivity index (χ1) is 15.5. The number of rotatable bonds is 18. The molecule has 0 aliphatic heterocycles. The van der Waals surface area contributed by atoms with Crippen LogP contribution < -0.4 is 4.74 Å². The van der Waals surface area contributed by atoms with Crippen molar-refractivity contribution in [3.05, 3.63) is 43.5 Å². The molecule has 0 aromatic heterocycles. The second-order valence-corrected chi connectivity index (χ2v) is 9.55. The predicted molar refractivity (Wildman–Crippen MR) is 134 cm³/mol. The molecule has 0 fully saturated rings. The van der Waals surface area contributed by atoms with Gasteiger partial charge in [-0.3, -0.25) is 0 Å². The molecule has 0 saturated heterocycles. The topological polar surface area (TPSA) is 61.8 Å². The minimum Gasteiger partial charge on any atom is -0.493 e. The normalized spacial score (nSPS) is 11.4. The Morgan fingerprint density at radius 3 is 2.00 bits per heavy atom. The number of carbonyl (C=O) groups excluding carboxylic acids is 2. The minimum absolute atomic E-state index is 0.121. The fourth-order valence-electron chi connectivity index (χ4n) is 2.54. The first-order valence-corrected chi connectivity index (χ1v) is 13.1. The van der Waals surface area contributed by atoms with Crippen LogP contribution in [0, 0.1) is 5.92 Å². The number of hydrogen-bond donors (Lipinski definition) is 0. The zero-order valence-electron chi connectivity index (χ0n) is 19.3. The molecular weight excluding hydrogens is 444 g/mol. The van der Waals surface area contributed by atoms with Gasteiger partial charge in [0.2, 0.25) is 0 Å². The molecule has 7 heteroatoms. The summed E-state index contributed by atoms with van der Waals surface area (Å²) >= 11 is 3.69. The lowest BCUT2D eigenvalue weighted by Gasteiger charge is -2.18. The monoisotopic (exact) mass is 480 g/mol. The molecule has 178 valence electrons. The summed E-state index contributed by atoms with van der Waals surface area (Å²) in [4.78, 5) is 25.2. The third-order valence-electron chi connectivity index (χ3n) is 4.44. The van der Waals surface area contributed by atoms with Gasteiger partial charge >= 0.3 is 11.9 Å². The van der Waals surface area contributed by atoms with E-state index in [9.17, 15) is 9.59 Å². The van der Waals surface area contributed by atoms with Crippen LogP contribution in [0.15, 0.2) is 53.3 Å². The first-order valence-electron chi connectivity index (χ1n) is 11.1. The highest BCUT2D eigenvalue weighted by atomic mass is 32.2. The molecular formula is C25H36O5S2. The number of carbonyl (C=O) groups is 2. The van der Waals surface area contributed by atoms with E-state index in [1.165, 1.54) is 35.5 Å². The molecule has 0 heterocycles. The summed E-state index contributed by atoms with van der Waals surface area (Å²) < 4.78 is 16.4. The summed E-state index contributed by atoms with van der Waals surface area (Å²) in [6, 6.07) is 6.36. The molecule has 1 rings (SSSR count). The number of benzene rings is 1. The smallest absolute Gasteiger partial charge is 0.330 e. The molecule has 0 saturated carbocycles. The summed E-state index contributed by atoms with van der Waals surface area (Å²) in [5, 5.41) is 0. The number of esters is 2. The van der Waals surface area contributed by atoms with E-state index >= 15 is 0 Å². The van der Waals surface area contributed by atoms with Gasteiger partial charge in [-0.05, 0) is 49.0 Å². The SMILES string of the molecule is C=CC(=O)OCCC(COC(=O)C=C)COc1cc(SCCCC)cc(SCCCC)c1. The van der Waals surface area contributed by atoms with Gasteiger partial charge in [0.05, 0.1) is 19.8 Å². The van der Waals surface area contributed by atoms with E-state index in [1.807, 2.05) is 23.5 Å². The molecule has 0 spiro atoms. The largest absolute Gasteiger partial charge is 0.493 e. The quantitative estimate of drug-likeness (QED) is 0.105. The van der Waals surface area contributed by atoms with Crippen molar-refractivity contribution in [1.82, 2.24) is 0 Å². The Hall–Kier alpha value is -1.86. The van der Waals surface area contributed by atoms with Gasteiger partial charge < -0.3 is 14.2 Å². The highest BCUT2D eigenvalue weighted by Gasteiger charge is 2.14. The van der Waals surface area contributed by atoms with Gasteiger partial charge in [0, 0.05) is 27.9 Å². The van der Waals surface area contributed by atoms with Crippen LogP contribution in [0.5, 0.6) is 5.75 Å². The fourth-order valence-corrected chi connectivity index (χ4v) is 4.77. The van der Waals surface area contributed by atoms with Gasteiger partial charge in [-0.2, -0.15) is 0 Å². The van der Waals surface area contributed by atoms with Crippen LogP contribution in [0.3, 0.4) is 0 Å². The molecule has 0 amide bonds. The van der Waals surface area contributed by atoms with Crippen molar-refractivity contribution in [3.8, 4) is 5.75 Å². The van der Waals surface area contributed by atoms with Crippen molar-refractivity contribution < 1.29 is 23.8 Å². The average Bonchev–Trinajstić information content (AvgIpc) is 2.80. The second-order valence-electron chi connectivity index (χ2n) is 7.22. The predicted octanol–water partition coefficient (Wildman–Crippen LogP) is 6.31. The minimum atomic E-state index is -0.484. The third-order valence-corrected chi connectivity index (χ3v) is 6.56. The lowest BCUT2D eigenvalue weighted by molar-refractivity contribution is -0.142. The third kappa shape index (κ3) is 12.9. The fraction of sp³-hybridized carbons (Fsp3) is 0.520. The lowest BCUT2D eigenvalue weighted by Crippen LogP contribution is -2.22. The van der Waals surface area contributed by atoms with E-state index in [2.05, 4.69) is 45.2 Å². The molecule has 1 aromatic rings. The summed E-state index contributed by atoms with van der Waals surface area (Å²) in [7, 11) is 0. The average molecular weight is 481 g/mol. The Balaban J connectivity index is 2.80. The summed E-state index contributed by atoms with van der Waals surface area (Å²) in [5.41, 5.74) is 0. The summed E-state index contributed by atoms with van der Waals surface area (Å²) in [5.74, 6) is 1.87. The van der Waals surface area contributed by atoms with Gasteiger partial charge in [0.25, 0.3) is 0 Å². The van der Waals surface area contributed by atoms with E-state index in [-0.39, 0.29) is 19.1 Å². The first kappa shape index (κ1) is 28.2. The maximum atomic E-state index is 11.5. The molecule has 0 aliphatic carbocycles. The van der Waals surface area contributed by atoms with Gasteiger partial charge in [-0.15, -0.1) is 23.5 Å². The van der Waals surface area contributed by atoms with Crippen LogP contribution in [0.4, 0.5) is 0 Å². The van der Waals surface area contributed by atoms with Crippen molar-refractivity contribution in [3.63, 3.8) is 0 Å². The van der Waals surface area contributed by atoms with E-state index in [0.717, 1.165) is 29.4 Å². The second kappa shape index (κ2) is 17.7. The van der Waals surface area contributed by atoms with Gasteiger partial charge in [0.1, 0.15) is 5.75 Å². The highest BCUT2D eigenvalue weighted by molar-refractivity contribution is 8.00. The van der Waals surface area contributed by atoms with Crippen LogP contribution >= 0.6 is 23.5 Å². The van der Waals surface area contributed by atoms with E-state index in [4.69, 9.17) is 14.2 Å². The zero-order chi connectivity index (χ0) is 23.6. The Labute approximate surface area is 201 Å². The molecule has 32 heavy (non-hydrogen) atoms. The Morgan fingerprint density at radius 1 is 0.906 bits per heavy atom. The lowest BCUT2D eigenvalue weighted by atomic mass is 10.1. The van der Waals surface area contributed by atoms with E-state index in [1.54, 1.807) is 0 Å². The molecule has 0 N–H and O–H groups in total. The van der Waals surface area contributed by atoms with Crippen LogP contribution in [0.1, 0.15) is 46.0 Å². The molecule has 0 bridgehead atoms. The standard InChI is InChI=1S/C25H36O5S2/c1-5-9-13-31-22-15-21(16-23(17-22)32-14-10-6-2)29-18-20(19-30-25(27)8-4)11-12-28-24(26)7-3/h7-8,15-17,20H,3-6,9-14,18-19H2,1-2H3. The number of unbranched alkanes of at least 4 members (excludes halogenated alkanes) is 2. The summed E-state index contributed by atoms with van der Waals surface area (Å²) in [6.45, 7) is 11.9. The van der Waals surface area contributed by atoms with Crippen LogP contribution in [0.2, 0.25) is 0 Å². The highest BCUT2D eigenvalue weighted by Crippen LogP contribution is 2.32. The number of hydrogen-bond acceptors (Lipinski definition) is 7. The van der Waals surface area contributed by atoms with Crippen LogP contribution in [-0.4, -0.2) is 43.3 Å². The van der Waals surface area contributed by atoms with Crippen LogP contribution in [0.25, 0.3) is 0 Å². The van der Waals surface area contributed by atoms with Gasteiger partial charge in [-0.1, -0.05) is 39.8 Å². The molecule has 0 aliphatic rings. The van der Waals surface area contributed by atoms with Gasteiger partial charge in [-0.25, -0.2) is 9.59 Å². The van der Waals surface area contributed by atoms with Crippen molar-refractivity contribution in [2.24, 2.45) is 5.92 Å². The van der Waals surface area contributed by atoms with E-state index < -0.39 is 11.9 Å². The number of ether oxygens (including phenoxy) is 3. The molecule has 5 nitrogen and oxygen atoms in total. The zero-order valence-corrected chi connectivity index (χ0v) is 20.9.